The van der Waals surface area contributed by atoms with E-state index in [2.05, 4.69) is 97.1 Å². The van der Waals surface area contributed by atoms with E-state index >= 15 is 0 Å². The molecule has 0 aliphatic heterocycles. The van der Waals surface area contributed by atoms with Gasteiger partial charge in [0.15, 0.2) is 0 Å². The first-order chi connectivity index (χ1) is 25.9. The summed E-state index contributed by atoms with van der Waals surface area (Å²) in [5.41, 5.74) is 11.0. The van der Waals surface area contributed by atoms with Crippen molar-refractivity contribution in [1.82, 2.24) is 0 Å². The van der Waals surface area contributed by atoms with E-state index in [1.165, 1.54) is 0 Å². The molecule has 4 N–H and O–H groups in total. The van der Waals surface area contributed by atoms with Crippen LogP contribution in [0.4, 0.5) is 0 Å². The summed E-state index contributed by atoms with van der Waals surface area (Å²) in [5, 5.41) is 40.9. The Hall–Kier alpha value is -7.04. The molecule has 256 valence electrons. The van der Waals surface area contributed by atoms with Gasteiger partial charge in [0.2, 0.25) is 0 Å². The van der Waals surface area contributed by atoms with Gasteiger partial charge in [0, 0.05) is 0 Å². The van der Waals surface area contributed by atoms with Gasteiger partial charge in [-0.15, -0.1) is 0 Å². The standard InChI is InChI=1S/C49H36O4/c50-45-9-1-5-37(29-45)33-13-21-41(22-14-33)49(42-23-15-34(16-24-42)38-6-2-10-46(51)30-38,43-25-17-35(18-26-43)39-7-3-11-47(52)31-39)44-27-19-36(20-28-44)40-8-4-12-48(53)32-40/h1-32,50-53H. The molecule has 0 radical (unpaired) electrons. The van der Waals surface area contributed by atoms with Gasteiger partial charge in [0.1, 0.15) is 23.0 Å². The Balaban J connectivity index is 1.35. The Bertz CT molecular complexity index is 2160. The number of hydrogen-bond donors (Lipinski definition) is 4. The largest absolute Gasteiger partial charge is 0.508 e. The van der Waals surface area contributed by atoms with Crippen molar-refractivity contribution >= 4 is 0 Å². The van der Waals surface area contributed by atoms with Crippen molar-refractivity contribution in [1.29, 1.82) is 0 Å². The second-order valence-corrected chi connectivity index (χ2v) is 13.3. The normalized spacial score (nSPS) is 11.3. The third kappa shape index (κ3) is 6.50. The average molecular weight is 689 g/mol. The molecule has 53 heavy (non-hydrogen) atoms. The predicted octanol–water partition coefficient (Wildman–Crippen LogP) is 11.6. The van der Waals surface area contributed by atoms with E-state index in [4.69, 9.17) is 0 Å². The molecule has 0 spiro atoms. The highest BCUT2D eigenvalue weighted by Gasteiger charge is 2.38. The fourth-order valence-electron chi connectivity index (χ4n) is 7.39. The van der Waals surface area contributed by atoms with Crippen LogP contribution in [0, 0.1) is 0 Å². The molecule has 8 rings (SSSR count). The van der Waals surface area contributed by atoms with Crippen molar-refractivity contribution in [2.45, 2.75) is 5.41 Å². The Labute approximate surface area is 308 Å². The first kappa shape index (κ1) is 33.1. The van der Waals surface area contributed by atoms with Crippen molar-refractivity contribution in [2.24, 2.45) is 0 Å². The maximum Gasteiger partial charge on any atom is 0.116 e. The van der Waals surface area contributed by atoms with Crippen molar-refractivity contribution in [3.05, 3.63) is 216 Å². The lowest BCUT2D eigenvalue weighted by Gasteiger charge is -2.37. The molecule has 0 aliphatic rings. The van der Waals surface area contributed by atoms with Crippen LogP contribution < -0.4 is 0 Å². The van der Waals surface area contributed by atoms with Crippen LogP contribution in [0.3, 0.4) is 0 Å². The van der Waals surface area contributed by atoms with Gasteiger partial charge in [0.25, 0.3) is 0 Å². The zero-order chi connectivity index (χ0) is 36.4. The zero-order valence-corrected chi connectivity index (χ0v) is 28.8. The van der Waals surface area contributed by atoms with Gasteiger partial charge in [-0.1, -0.05) is 146 Å². The first-order valence-corrected chi connectivity index (χ1v) is 17.5. The molecular formula is C49H36O4. The van der Waals surface area contributed by atoms with Crippen molar-refractivity contribution in [3.8, 4) is 67.5 Å². The van der Waals surface area contributed by atoms with Gasteiger partial charge in [-0.05, 0) is 115 Å². The molecule has 0 heterocycles. The third-order valence-electron chi connectivity index (χ3n) is 9.99. The fourth-order valence-corrected chi connectivity index (χ4v) is 7.39. The number of aromatic hydroxyl groups is 4. The van der Waals surface area contributed by atoms with Crippen molar-refractivity contribution < 1.29 is 20.4 Å². The summed E-state index contributed by atoms with van der Waals surface area (Å²) in [7, 11) is 0. The number of phenolic OH excluding ortho intramolecular Hbond substituents is 4. The molecule has 0 saturated carbocycles. The third-order valence-corrected chi connectivity index (χ3v) is 9.99. The minimum absolute atomic E-state index is 0.214. The summed E-state index contributed by atoms with van der Waals surface area (Å²) in [6, 6.07) is 63.2. The van der Waals surface area contributed by atoms with Crippen LogP contribution >= 0.6 is 0 Å². The SMILES string of the molecule is Oc1cccc(-c2ccc(C(c3ccc(-c4cccc(O)c4)cc3)(c3ccc(-c4cccc(O)c4)cc3)c3ccc(-c4cccc(O)c4)cc3)cc2)c1. The minimum Gasteiger partial charge on any atom is -0.508 e. The molecule has 0 saturated heterocycles. The maximum absolute atomic E-state index is 10.2. The monoisotopic (exact) mass is 688 g/mol. The number of rotatable bonds is 8. The Morgan fingerprint density at radius 2 is 0.434 bits per heavy atom. The Morgan fingerprint density at radius 3 is 0.623 bits per heavy atom. The van der Waals surface area contributed by atoms with Crippen LogP contribution in [0.1, 0.15) is 22.3 Å². The summed E-state index contributed by atoms with van der Waals surface area (Å²) in [4.78, 5) is 0. The van der Waals surface area contributed by atoms with E-state index in [1.54, 1.807) is 48.5 Å². The predicted molar refractivity (Wildman–Crippen MR) is 213 cm³/mol. The molecule has 0 amide bonds. The lowest BCUT2D eigenvalue weighted by atomic mass is 9.64. The minimum atomic E-state index is -0.788. The summed E-state index contributed by atoms with van der Waals surface area (Å²) in [6.45, 7) is 0. The van der Waals surface area contributed by atoms with Crippen LogP contribution in [0.15, 0.2) is 194 Å². The molecule has 0 unspecified atom stereocenters. The van der Waals surface area contributed by atoms with Crippen LogP contribution in [-0.4, -0.2) is 20.4 Å². The van der Waals surface area contributed by atoms with Crippen LogP contribution in [0.25, 0.3) is 44.5 Å². The van der Waals surface area contributed by atoms with Gasteiger partial charge < -0.3 is 20.4 Å². The summed E-state index contributed by atoms with van der Waals surface area (Å²) in [5.74, 6) is 0.857. The maximum atomic E-state index is 10.2. The topological polar surface area (TPSA) is 80.9 Å². The van der Waals surface area contributed by atoms with E-state index in [9.17, 15) is 20.4 Å². The average Bonchev–Trinajstić information content (AvgIpc) is 3.19. The second-order valence-electron chi connectivity index (χ2n) is 13.3. The van der Waals surface area contributed by atoms with Crippen molar-refractivity contribution in [3.63, 3.8) is 0 Å². The molecule has 8 aromatic rings. The molecule has 0 fully saturated rings. The van der Waals surface area contributed by atoms with Gasteiger partial charge in [-0.25, -0.2) is 0 Å². The zero-order valence-electron chi connectivity index (χ0n) is 28.8. The lowest BCUT2D eigenvalue weighted by Crippen LogP contribution is -2.31. The van der Waals surface area contributed by atoms with E-state index in [0.29, 0.717) is 0 Å². The van der Waals surface area contributed by atoms with E-state index in [-0.39, 0.29) is 23.0 Å². The van der Waals surface area contributed by atoms with Gasteiger partial charge >= 0.3 is 0 Å². The van der Waals surface area contributed by atoms with Gasteiger partial charge in [0.05, 0.1) is 5.41 Å². The van der Waals surface area contributed by atoms with E-state index < -0.39 is 5.41 Å². The lowest BCUT2D eigenvalue weighted by molar-refractivity contribution is 0.475. The number of phenols is 4. The highest BCUT2D eigenvalue weighted by Crippen LogP contribution is 2.47. The Kier molecular flexibility index (Phi) is 8.71. The first-order valence-electron chi connectivity index (χ1n) is 17.5. The smallest absolute Gasteiger partial charge is 0.116 e. The summed E-state index contributed by atoms with van der Waals surface area (Å²) < 4.78 is 0. The van der Waals surface area contributed by atoms with Crippen LogP contribution in [0.2, 0.25) is 0 Å². The fraction of sp³-hybridized carbons (Fsp3) is 0.0204. The molecule has 0 bridgehead atoms. The molecule has 8 aromatic carbocycles. The highest BCUT2D eigenvalue weighted by molar-refractivity contribution is 5.73. The van der Waals surface area contributed by atoms with Gasteiger partial charge in [-0.3, -0.25) is 0 Å². The second kappa shape index (κ2) is 13.9. The summed E-state index contributed by atoms with van der Waals surface area (Å²) >= 11 is 0. The number of benzene rings is 8. The molecule has 4 heteroatoms. The van der Waals surface area contributed by atoms with E-state index in [1.807, 2.05) is 48.5 Å². The van der Waals surface area contributed by atoms with Crippen LogP contribution in [0.5, 0.6) is 23.0 Å². The molecule has 0 aliphatic carbocycles. The molecule has 4 nitrogen and oxygen atoms in total. The summed E-state index contributed by atoms with van der Waals surface area (Å²) in [6.07, 6.45) is 0. The quantitative estimate of drug-likeness (QED) is 0.120. The number of hydrogen-bond acceptors (Lipinski definition) is 4. The van der Waals surface area contributed by atoms with Crippen molar-refractivity contribution in [2.75, 3.05) is 0 Å². The van der Waals surface area contributed by atoms with E-state index in [0.717, 1.165) is 66.8 Å². The van der Waals surface area contributed by atoms with Gasteiger partial charge in [-0.2, -0.15) is 0 Å². The van der Waals surface area contributed by atoms with Crippen LogP contribution in [-0.2, 0) is 5.41 Å². The molecule has 0 atom stereocenters. The highest BCUT2D eigenvalue weighted by atomic mass is 16.3. The molecular weight excluding hydrogens is 653 g/mol. The Morgan fingerprint density at radius 1 is 0.226 bits per heavy atom. The molecule has 0 aromatic heterocycles.